The second-order valence-electron chi connectivity index (χ2n) is 4.37. The van der Waals surface area contributed by atoms with E-state index >= 15 is 0 Å². The SMILES string of the molecule is C=CCC(CC=C)OCCOCCOCCOCCOC. The Balaban J connectivity index is 3.20. The fourth-order valence-electron chi connectivity index (χ4n) is 1.56. The summed E-state index contributed by atoms with van der Waals surface area (Å²) in [6, 6.07) is 0. The molecule has 0 atom stereocenters. The van der Waals surface area contributed by atoms with Gasteiger partial charge in [-0.15, -0.1) is 13.2 Å². The zero-order valence-electron chi connectivity index (χ0n) is 13.3. The van der Waals surface area contributed by atoms with Gasteiger partial charge >= 0.3 is 0 Å². The minimum atomic E-state index is 0.157. The van der Waals surface area contributed by atoms with E-state index in [1.165, 1.54) is 0 Å². The van der Waals surface area contributed by atoms with Gasteiger partial charge in [0.25, 0.3) is 0 Å². The van der Waals surface area contributed by atoms with Gasteiger partial charge in [0.05, 0.1) is 59.0 Å². The van der Waals surface area contributed by atoms with E-state index in [9.17, 15) is 0 Å². The van der Waals surface area contributed by atoms with E-state index < -0.39 is 0 Å². The highest BCUT2D eigenvalue weighted by atomic mass is 16.6. The third-order valence-electron chi connectivity index (χ3n) is 2.62. The molecule has 0 aromatic heterocycles. The van der Waals surface area contributed by atoms with Crippen LogP contribution in [-0.2, 0) is 23.7 Å². The van der Waals surface area contributed by atoms with Crippen molar-refractivity contribution in [1.29, 1.82) is 0 Å². The molecule has 0 heterocycles. The zero-order valence-corrected chi connectivity index (χ0v) is 13.3. The molecule has 21 heavy (non-hydrogen) atoms. The lowest BCUT2D eigenvalue weighted by Gasteiger charge is -2.14. The number of hydrogen-bond donors (Lipinski definition) is 0. The van der Waals surface area contributed by atoms with Crippen LogP contribution in [0.5, 0.6) is 0 Å². The Morgan fingerprint density at radius 3 is 1.57 bits per heavy atom. The lowest BCUT2D eigenvalue weighted by atomic mass is 10.2. The molecule has 0 rings (SSSR count). The Hall–Kier alpha value is -0.720. The summed E-state index contributed by atoms with van der Waals surface area (Å²) in [5.74, 6) is 0. The number of methoxy groups -OCH3 is 1. The molecule has 0 aromatic carbocycles. The van der Waals surface area contributed by atoms with Gasteiger partial charge in [0, 0.05) is 7.11 Å². The summed E-state index contributed by atoms with van der Waals surface area (Å²) in [5.41, 5.74) is 0. The monoisotopic (exact) mass is 302 g/mol. The van der Waals surface area contributed by atoms with Crippen molar-refractivity contribution in [2.75, 3.05) is 60.0 Å². The minimum absolute atomic E-state index is 0.157. The van der Waals surface area contributed by atoms with Crippen molar-refractivity contribution in [2.45, 2.75) is 18.9 Å². The molecule has 0 N–H and O–H groups in total. The summed E-state index contributed by atoms with van der Waals surface area (Å²) in [6.45, 7) is 12.1. The highest BCUT2D eigenvalue weighted by Gasteiger charge is 2.04. The molecular formula is C16H30O5. The fourth-order valence-corrected chi connectivity index (χ4v) is 1.56. The van der Waals surface area contributed by atoms with Gasteiger partial charge < -0.3 is 23.7 Å². The van der Waals surface area contributed by atoms with Crippen molar-refractivity contribution < 1.29 is 23.7 Å². The maximum Gasteiger partial charge on any atom is 0.0704 e. The standard InChI is InChI=1S/C16H30O5/c1-4-6-16(7-5-2)21-15-14-20-13-12-19-11-10-18-9-8-17-3/h4-5,16H,1-2,6-15H2,3H3. The second-order valence-corrected chi connectivity index (χ2v) is 4.37. The fraction of sp³-hybridized carbons (Fsp3) is 0.750. The Kier molecular flexibility index (Phi) is 16.7. The summed E-state index contributed by atoms with van der Waals surface area (Å²) in [6.07, 6.45) is 5.54. The highest BCUT2D eigenvalue weighted by Crippen LogP contribution is 2.04. The summed E-state index contributed by atoms with van der Waals surface area (Å²) in [7, 11) is 1.65. The normalized spacial score (nSPS) is 11.0. The third kappa shape index (κ3) is 15.5. The summed E-state index contributed by atoms with van der Waals surface area (Å²) >= 11 is 0. The van der Waals surface area contributed by atoms with Crippen molar-refractivity contribution >= 4 is 0 Å². The molecule has 0 aliphatic carbocycles. The largest absolute Gasteiger partial charge is 0.382 e. The Labute approximate surface area is 128 Å². The van der Waals surface area contributed by atoms with Gasteiger partial charge in [-0.25, -0.2) is 0 Å². The van der Waals surface area contributed by atoms with E-state index in [1.54, 1.807) is 7.11 Å². The molecule has 0 aliphatic rings. The molecule has 0 aromatic rings. The van der Waals surface area contributed by atoms with Gasteiger partial charge in [0.2, 0.25) is 0 Å². The molecule has 0 aliphatic heterocycles. The van der Waals surface area contributed by atoms with E-state index in [0.29, 0.717) is 52.9 Å². The van der Waals surface area contributed by atoms with Crippen LogP contribution in [0.2, 0.25) is 0 Å². The molecular weight excluding hydrogens is 272 g/mol. The molecule has 5 nitrogen and oxygen atoms in total. The summed E-state index contributed by atoms with van der Waals surface area (Å²) < 4.78 is 26.6. The first-order valence-corrected chi connectivity index (χ1v) is 7.40. The van der Waals surface area contributed by atoms with E-state index in [0.717, 1.165) is 12.8 Å². The van der Waals surface area contributed by atoms with Crippen LogP contribution in [0.25, 0.3) is 0 Å². The smallest absolute Gasteiger partial charge is 0.0704 e. The van der Waals surface area contributed by atoms with Crippen LogP contribution < -0.4 is 0 Å². The van der Waals surface area contributed by atoms with Crippen molar-refractivity contribution in [3.63, 3.8) is 0 Å². The van der Waals surface area contributed by atoms with Crippen molar-refractivity contribution in [2.24, 2.45) is 0 Å². The maximum atomic E-state index is 5.67. The van der Waals surface area contributed by atoms with E-state index in [4.69, 9.17) is 23.7 Å². The number of rotatable bonds is 17. The maximum absolute atomic E-state index is 5.67. The number of hydrogen-bond acceptors (Lipinski definition) is 5. The van der Waals surface area contributed by atoms with E-state index in [1.807, 2.05) is 12.2 Å². The summed E-state index contributed by atoms with van der Waals surface area (Å²) in [5, 5.41) is 0. The molecule has 0 saturated carbocycles. The molecule has 0 amide bonds. The van der Waals surface area contributed by atoms with Crippen LogP contribution in [-0.4, -0.2) is 66.1 Å². The molecule has 0 saturated heterocycles. The second kappa shape index (κ2) is 17.3. The molecule has 0 fully saturated rings. The average Bonchev–Trinajstić information content (AvgIpc) is 2.48. The van der Waals surface area contributed by atoms with Crippen LogP contribution in [0.4, 0.5) is 0 Å². The first-order chi connectivity index (χ1) is 10.3. The minimum Gasteiger partial charge on any atom is -0.382 e. The molecule has 124 valence electrons. The predicted molar refractivity (Wildman–Crippen MR) is 83.7 cm³/mol. The van der Waals surface area contributed by atoms with Gasteiger partial charge in [-0.3, -0.25) is 0 Å². The number of ether oxygens (including phenoxy) is 5. The zero-order chi connectivity index (χ0) is 15.6. The van der Waals surface area contributed by atoms with E-state index in [2.05, 4.69) is 13.2 Å². The molecule has 0 unspecified atom stereocenters. The quantitative estimate of drug-likeness (QED) is 0.304. The van der Waals surface area contributed by atoms with Gasteiger partial charge in [0.15, 0.2) is 0 Å². The predicted octanol–water partition coefficient (Wildman–Crippen LogP) is 2.22. The van der Waals surface area contributed by atoms with Crippen LogP contribution in [0.15, 0.2) is 25.3 Å². The van der Waals surface area contributed by atoms with E-state index in [-0.39, 0.29) is 6.10 Å². The van der Waals surface area contributed by atoms with Crippen LogP contribution in [0.3, 0.4) is 0 Å². The lowest BCUT2D eigenvalue weighted by Crippen LogP contribution is -2.16. The Morgan fingerprint density at radius 2 is 1.14 bits per heavy atom. The van der Waals surface area contributed by atoms with Crippen molar-refractivity contribution in [1.82, 2.24) is 0 Å². The topological polar surface area (TPSA) is 46.2 Å². The molecule has 0 spiro atoms. The van der Waals surface area contributed by atoms with Crippen molar-refractivity contribution in [3.05, 3.63) is 25.3 Å². The molecule has 0 bridgehead atoms. The van der Waals surface area contributed by atoms with Gasteiger partial charge in [-0.2, -0.15) is 0 Å². The van der Waals surface area contributed by atoms with Crippen LogP contribution >= 0.6 is 0 Å². The lowest BCUT2D eigenvalue weighted by molar-refractivity contribution is -0.0201. The van der Waals surface area contributed by atoms with Crippen LogP contribution in [0.1, 0.15) is 12.8 Å². The Morgan fingerprint density at radius 1 is 0.714 bits per heavy atom. The summed E-state index contributed by atoms with van der Waals surface area (Å²) in [4.78, 5) is 0. The van der Waals surface area contributed by atoms with Gasteiger partial charge in [-0.05, 0) is 12.8 Å². The third-order valence-corrected chi connectivity index (χ3v) is 2.62. The highest BCUT2D eigenvalue weighted by molar-refractivity contribution is 4.80. The Bertz CT molecular complexity index is 223. The average molecular weight is 302 g/mol. The molecule has 5 heteroatoms. The molecule has 0 radical (unpaired) electrons. The van der Waals surface area contributed by atoms with Crippen LogP contribution in [0, 0.1) is 0 Å². The van der Waals surface area contributed by atoms with Gasteiger partial charge in [-0.1, -0.05) is 12.2 Å². The van der Waals surface area contributed by atoms with Gasteiger partial charge in [0.1, 0.15) is 0 Å². The van der Waals surface area contributed by atoms with Crippen molar-refractivity contribution in [3.8, 4) is 0 Å². The first-order valence-electron chi connectivity index (χ1n) is 7.40. The first kappa shape index (κ1) is 20.3.